The number of carbonyl (C=O) groups excluding carboxylic acids is 2. The summed E-state index contributed by atoms with van der Waals surface area (Å²) in [6.07, 6.45) is 0.794. The first-order valence-corrected chi connectivity index (χ1v) is 14.9. The Kier molecular flexibility index (Phi) is 8.66. The number of fused-ring (bicyclic) bond motifs is 1. The second-order valence-electron chi connectivity index (χ2n) is 9.86. The van der Waals surface area contributed by atoms with Gasteiger partial charge in [-0.15, -0.1) is 23.1 Å². The van der Waals surface area contributed by atoms with E-state index in [4.69, 9.17) is 0 Å². The number of nitrogens with zero attached hydrogens (tertiary/aromatic N) is 2. The number of thioether (sulfide) groups is 1. The van der Waals surface area contributed by atoms with E-state index in [0.29, 0.717) is 21.8 Å². The molecular formula is C32H30N4O2S2. The fourth-order valence-corrected chi connectivity index (χ4v) is 6.84. The van der Waals surface area contributed by atoms with E-state index in [0.717, 1.165) is 47.0 Å². The third-order valence-electron chi connectivity index (χ3n) is 6.82. The van der Waals surface area contributed by atoms with Crippen molar-refractivity contribution in [3.05, 3.63) is 112 Å². The summed E-state index contributed by atoms with van der Waals surface area (Å²) in [5.74, 6) is -0.337. The molecule has 2 heterocycles. The Morgan fingerprint density at radius 3 is 2.58 bits per heavy atom. The average molecular weight is 567 g/mol. The van der Waals surface area contributed by atoms with Crippen molar-refractivity contribution >= 4 is 45.6 Å². The Balaban J connectivity index is 1.21. The van der Waals surface area contributed by atoms with Gasteiger partial charge in [-0.3, -0.25) is 14.5 Å². The largest absolute Gasteiger partial charge is 0.322 e. The van der Waals surface area contributed by atoms with Gasteiger partial charge in [-0.25, -0.2) is 0 Å². The molecule has 1 unspecified atom stereocenters. The lowest BCUT2D eigenvalue weighted by Crippen LogP contribution is -2.29. The van der Waals surface area contributed by atoms with Crippen LogP contribution in [-0.2, 0) is 24.3 Å². The lowest BCUT2D eigenvalue weighted by Gasteiger charge is -2.26. The molecule has 0 bridgehead atoms. The van der Waals surface area contributed by atoms with E-state index in [1.54, 1.807) is 12.1 Å². The molecule has 0 saturated carbocycles. The van der Waals surface area contributed by atoms with Gasteiger partial charge in [-0.1, -0.05) is 54.1 Å². The minimum atomic E-state index is -0.400. The van der Waals surface area contributed by atoms with Crippen LogP contribution < -0.4 is 10.6 Å². The van der Waals surface area contributed by atoms with Crippen molar-refractivity contribution in [1.82, 2.24) is 4.90 Å². The smallest absolute Gasteiger partial charge is 0.255 e. The highest BCUT2D eigenvalue weighted by atomic mass is 32.2. The van der Waals surface area contributed by atoms with E-state index < -0.39 is 5.25 Å². The van der Waals surface area contributed by atoms with E-state index >= 15 is 0 Å². The number of benzene rings is 3. The zero-order valence-electron chi connectivity index (χ0n) is 22.4. The molecule has 1 aromatic heterocycles. The summed E-state index contributed by atoms with van der Waals surface area (Å²) in [5, 5.41) is 16.1. The molecule has 1 aliphatic heterocycles. The number of nitriles is 1. The van der Waals surface area contributed by atoms with Gasteiger partial charge in [0.05, 0.1) is 10.8 Å². The van der Waals surface area contributed by atoms with Crippen LogP contribution >= 0.6 is 23.1 Å². The van der Waals surface area contributed by atoms with Gasteiger partial charge >= 0.3 is 0 Å². The molecule has 8 heteroatoms. The van der Waals surface area contributed by atoms with Crippen molar-refractivity contribution in [3.8, 4) is 6.07 Å². The lowest BCUT2D eigenvalue weighted by molar-refractivity contribution is -0.115. The first kappa shape index (κ1) is 27.7. The van der Waals surface area contributed by atoms with E-state index in [1.807, 2.05) is 68.4 Å². The Hall–Kier alpha value is -3.90. The number of anilines is 2. The van der Waals surface area contributed by atoms with Crippen LogP contribution in [0.3, 0.4) is 0 Å². The number of aryl methyl sites for hydroxylation is 1. The zero-order chi connectivity index (χ0) is 28.1. The van der Waals surface area contributed by atoms with Crippen LogP contribution in [0.4, 0.5) is 10.7 Å². The van der Waals surface area contributed by atoms with Crippen LogP contribution in [0.15, 0.2) is 83.8 Å². The van der Waals surface area contributed by atoms with Gasteiger partial charge in [0.15, 0.2) is 0 Å². The van der Waals surface area contributed by atoms with E-state index in [1.165, 1.54) is 28.7 Å². The van der Waals surface area contributed by atoms with Gasteiger partial charge in [0.2, 0.25) is 5.91 Å². The summed E-state index contributed by atoms with van der Waals surface area (Å²) in [6, 6.07) is 27.6. The quantitative estimate of drug-likeness (QED) is 0.228. The molecule has 0 fully saturated rings. The van der Waals surface area contributed by atoms with Gasteiger partial charge in [0, 0.05) is 40.7 Å². The molecule has 0 radical (unpaired) electrons. The van der Waals surface area contributed by atoms with Crippen LogP contribution in [0.2, 0.25) is 0 Å². The minimum Gasteiger partial charge on any atom is -0.322 e. The fraction of sp³-hybridized carbons (Fsp3) is 0.219. The molecule has 0 aliphatic carbocycles. The lowest BCUT2D eigenvalue weighted by atomic mass is 10.0. The maximum atomic E-state index is 13.2. The highest BCUT2D eigenvalue weighted by Gasteiger charge is 2.26. The molecular weight excluding hydrogens is 537 g/mol. The first-order chi connectivity index (χ1) is 19.4. The summed E-state index contributed by atoms with van der Waals surface area (Å²) in [4.78, 5) is 30.2. The number of nitrogens with one attached hydrogen (secondary N) is 2. The van der Waals surface area contributed by atoms with Gasteiger partial charge in [-0.05, 0) is 61.7 Å². The highest BCUT2D eigenvalue weighted by molar-refractivity contribution is 8.00. The number of hydrogen-bond donors (Lipinski definition) is 2. The molecule has 0 saturated heterocycles. The van der Waals surface area contributed by atoms with Crippen molar-refractivity contribution in [3.63, 3.8) is 0 Å². The normalized spacial score (nSPS) is 13.6. The van der Waals surface area contributed by atoms with Crippen LogP contribution in [0, 0.1) is 18.3 Å². The number of carbonyl (C=O) groups is 2. The topological polar surface area (TPSA) is 85.2 Å². The number of amides is 2. The summed E-state index contributed by atoms with van der Waals surface area (Å²) < 4.78 is 0. The maximum Gasteiger partial charge on any atom is 0.255 e. The monoisotopic (exact) mass is 566 g/mol. The van der Waals surface area contributed by atoms with Crippen LogP contribution in [0.5, 0.6) is 0 Å². The van der Waals surface area contributed by atoms with Gasteiger partial charge in [0.1, 0.15) is 11.1 Å². The molecule has 1 atom stereocenters. The fourth-order valence-electron chi connectivity index (χ4n) is 4.67. The summed E-state index contributed by atoms with van der Waals surface area (Å²) in [6.45, 7) is 6.33. The second kappa shape index (κ2) is 12.5. The van der Waals surface area contributed by atoms with Gasteiger partial charge in [-0.2, -0.15) is 5.26 Å². The van der Waals surface area contributed by atoms with Gasteiger partial charge in [0.25, 0.3) is 5.91 Å². The Morgan fingerprint density at radius 2 is 1.82 bits per heavy atom. The summed E-state index contributed by atoms with van der Waals surface area (Å²) in [7, 11) is 0. The molecule has 4 aromatic rings. The number of rotatable bonds is 8. The molecule has 3 aromatic carbocycles. The number of hydrogen-bond acceptors (Lipinski definition) is 6. The Bertz CT molecular complexity index is 1560. The van der Waals surface area contributed by atoms with Crippen molar-refractivity contribution in [2.24, 2.45) is 0 Å². The predicted octanol–water partition coefficient (Wildman–Crippen LogP) is 6.86. The zero-order valence-corrected chi connectivity index (χ0v) is 24.1. The van der Waals surface area contributed by atoms with Crippen molar-refractivity contribution in [2.45, 2.75) is 43.5 Å². The van der Waals surface area contributed by atoms with Crippen LogP contribution in [0.25, 0.3) is 0 Å². The molecule has 6 nitrogen and oxygen atoms in total. The maximum absolute atomic E-state index is 13.2. The second-order valence-corrected chi connectivity index (χ2v) is 12.4. The van der Waals surface area contributed by atoms with E-state index in [2.05, 4.69) is 33.7 Å². The van der Waals surface area contributed by atoms with Crippen LogP contribution in [-0.4, -0.2) is 28.5 Å². The average Bonchev–Trinajstić information content (AvgIpc) is 3.30. The van der Waals surface area contributed by atoms with Crippen LogP contribution in [0.1, 0.15) is 44.4 Å². The molecule has 2 amide bonds. The van der Waals surface area contributed by atoms with Crippen molar-refractivity contribution in [2.75, 3.05) is 17.2 Å². The molecule has 202 valence electrons. The Morgan fingerprint density at radius 1 is 1.05 bits per heavy atom. The Labute approximate surface area is 243 Å². The molecule has 5 rings (SSSR count). The number of thiophene rings is 1. The van der Waals surface area contributed by atoms with Gasteiger partial charge < -0.3 is 10.6 Å². The molecule has 2 N–H and O–H groups in total. The van der Waals surface area contributed by atoms with Crippen molar-refractivity contribution < 1.29 is 9.59 Å². The van der Waals surface area contributed by atoms with Crippen molar-refractivity contribution in [1.29, 1.82) is 5.26 Å². The molecule has 1 aliphatic rings. The molecule has 40 heavy (non-hydrogen) atoms. The first-order valence-electron chi connectivity index (χ1n) is 13.2. The van der Waals surface area contributed by atoms with E-state index in [9.17, 15) is 14.9 Å². The predicted molar refractivity (Wildman–Crippen MR) is 163 cm³/mol. The summed E-state index contributed by atoms with van der Waals surface area (Å²) in [5.41, 5.74) is 5.26. The SMILES string of the molecule is Cc1ccc(C(=O)Nc2cccc(SC(C)C(=O)Nc3sc4c(c3C#N)CCN(Cc3ccccc3)C4)c2)cc1. The third kappa shape index (κ3) is 6.62. The van der Waals surface area contributed by atoms with E-state index in [-0.39, 0.29) is 11.8 Å². The highest BCUT2D eigenvalue weighted by Crippen LogP contribution is 2.37. The standard InChI is InChI=1S/C32H30N4O2S2/c1-21-11-13-24(14-12-21)31(38)34-25-9-6-10-26(17-25)39-22(2)30(37)35-32-28(18-33)27-15-16-36(20-29(27)40-32)19-23-7-4-3-5-8-23/h3-14,17,22H,15-16,19-20H2,1-2H3,(H,34,38)(H,35,37). The minimum absolute atomic E-state index is 0.157. The molecule has 0 spiro atoms. The third-order valence-corrected chi connectivity index (χ3v) is 9.05. The summed E-state index contributed by atoms with van der Waals surface area (Å²) >= 11 is 2.92.